The molecule has 0 unspecified atom stereocenters. The van der Waals surface area contributed by atoms with Gasteiger partial charge in [-0.2, -0.15) is 11.3 Å². The van der Waals surface area contributed by atoms with Crippen LogP contribution < -0.4 is 5.32 Å². The van der Waals surface area contributed by atoms with Crippen LogP contribution in [0, 0.1) is 0 Å². The lowest BCUT2D eigenvalue weighted by atomic mass is 10.3. The second-order valence-corrected chi connectivity index (χ2v) is 6.18. The van der Waals surface area contributed by atoms with Crippen molar-refractivity contribution in [3.63, 3.8) is 0 Å². The summed E-state index contributed by atoms with van der Waals surface area (Å²) in [6, 6.07) is 2.68. The molecule has 0 fully saturated rings. The molecule has 0 bridgehead atoms. The normalized spacial score (nSPS) is 11.2. The Hall–Kier alpha value is -0.780. The quantitative estimate of drug-likeness (QED) is 0.874. The maximum Gasteiger partial charge on any atom is 0.121 e. The highest BCUT2D eigenvalue weighted by atomic mass is 32.1. The lowest BCUT2D eigenvalue weighted by molar-refractivity contribution is 0.588. The molecule has 0 radical (unpaired) electrons. The van der Waals surface area contributed by atoms with E-state index in [0.717, 1.165) is 29.4 Å². The summed E-state index contributed by atoms with van der Waals surface area (Å²) in [7, 11) is 0. The predicted octanol–water partition coefficient (Wildman–Crippen LogP) is 2.73. The molecule has 2 heterocycles. The second kappa shape index (κ2) is 6.23. The third-order valence-electron chi connectivity index (χ3n) is 2.34. The summed E-state index contributed by atoms with van der Waals surface area (Å²) in [6.45, 7) is 5.29. The number of nitrogens with zero attached hydrogens (tertiary/aromatic N) is 2. The van der Waals surface area contributed by atoms with Gasteiger partial charge in [-0.05, 0) is 22.4 Å². The van der Waals surface area contributed by atoms with E-state index in [1.165, 1.54) is 5.56 Å². The Kier molecular flexibility index (Phi) is 4.65. The highest BCUT2D eigenvalue weighted by molar-refractivity contribution is 7.11. The molecule has 2 aromatic rings. The van der Waals surface area contributed by atoms with Gasteiger partial charge in [0.2, 0.25) is 0 Å². The molecule has 2 aromatic heterocycles. The van der Waals surface area contributed by atoms with Crippen LogP contribution in [0.2, 0.25) is 0 Å². The summed E-state index contributed by atoms with van der Waals surface area (Å²) in [5.74, 6) is 0. The van der Waals surface area contributed by atoms with E-state index in [4.69, 9.17) is 0 Å². The molecule has 0 aromatic carbocycles. The van der Waals surface area contributed by atoms with Crippen LogP contribution in [0.5, 0.6) is 0 Å². The van der Waals surface area contributed by atoms with E-state index in [-0.39, 0.29) is 0 Å². The average molecular weight is 267 g/mol. The lowest BCUT2D eigenvalue weighted by Gasteiger charge is -2.04. The standard InChI is InChI=1S/C12H17N3S2/c1-9(2)13-5-3-11-14-15-12(17-11)7-10-4-6-16-8-10/h4,6,8-9,13H,3,5,7H2,1-2H3. The van der Waals surface area contributed by atoms with E-state index in [2.05, 4.69) is 46.2 Å². The van der Waals surface area contributed by atoms with Gasteiger partial charge >= 0.3 is 0 Å². The molecule has 2 rings (SSSR count). The molecule has 0 aliphatic heterocycles. The number of aromatic nitrogens is 2. The van der Waals surface area contributed by atoms with Crippen LogP contribution in [0.1, 0.15) is 29.4 Å². The average Bonchev–Trinajstić information content (AvgIpc) is 2.90. The van der Waals surface area contributed by atoms with E-state index < -0.39 is 0 Å². The fourth-order valence-corrected chi connectivity index (χ4v) is 3.04. The van der Waals surface area contributed by atoms with Crippen LogP contribution >= 0.6 is 22.7 Å². The summed E-state index contributed by atoms with van der Waals surface area (Å²) in [4.78, 5) is 0. The van der Waals surface area contributed by atoms with Gasteiger partial charge in [-0.1, -0.05) is 13.8 Å². The molecule has 0 saturated heterocycles. The molecule has 17 heavy (non-hydrogen) atoms. The van der Waals surface area contributed by atoms with Crippen molar-refractivity contribution in [3.8, 4) is 0 Å². The summed E-state index contributed by atoms with van der Waals surface area (Å²) < 4.78 is 0. The fourth-order valence-electron chi connectivity index (χ4n) is 1.50. The van der Waals surface area contributed by atoms with E-state index in [9.17, 15) is 0 Å². The maximum atomic E-state index is 4.23. The Bertz CT molecular complexity index is 434. The van der Waals surface area contributed by atoms with Crippen molar-refractivity contribution in [2.75, 3.05) is 6.54 Å². The van der Waals surface area contributed by atoms with Crippen LogP contribution in [0.3, 0.4) is 0 Å². The van der Waals surface area contributed by atoms with E-state index in [0.29, 0.717) is 6.04 Å². The first-order valence-electron chi connectivity index (χ1n) is 5.80. The van der Waals surface area contributed by atoms with Gasteiger partial charge in [0.15, 0.2) is 0 Å². The molecule has 0 spiro atoms. The Morgan fingerprint density at radius 2 is 2.12 bits per heavy atom. The summed E-state index contributed by atoms with van der Waals surface area (Å²) >= 11 is 3.45. The molecule has 3 nitrogen and oxygen atoms in total. The van der Waals surface area contributed by atoms with Crippen molar-refractivity contribution in [3.05, 3.63) is 32.4 Å². The molecule has 0 aliphatic carbocycles. The van der Waals surface area contributed by atoms with Crippen LogP contribution in [-0.2, 0) is 12.8 Å². The highest BCUT2D eigenvalue weighted by Crippen LogP contribution is 2.16. The van der Waals surface area contributed by atoms with Crippen LogP contribution in [0.4, 0.5) is 0 Å². The molecule has 0 saturated carbocycles. The molecule has 5 heteroatoms. The van der Waals surface area contributed by atoms with E-state index in [1.807, 2.05) is 0 Å². The van der Waals surface area contributed by atoms with Crippen molar-refractivity contribution in [1.29, 1.82) is 0 Å². The van der Waals surface area contributed by atoms with Crippen molar-refractivity contribution >= 4 is 22.7 Å². The zero-order valence-corrected chi connectivity index (χ0v) is 11.8. The van der Waals surface area contributed by atoms with Gasteiger partial charge in [0.25, 0.3) is 0 Å². The molecular formula is C12H17N3S2. The Labute approximate surface area is 110 Å². The Balaban J connectivity index is 1.83. The SMILES string of the molecule is CC(C)NCCc1nnc(Cc2ccsc2)s1. The first-order valence-corrected chi connectivity index (χ1v) is 7.55. The maximum absolute atomic E-state index is 4.23. The van der Waals surface area contributed by atoms with Crippen LogP contribution in [-0.4, -0.2) is 22.8 Å². The first-order chi connectivity index (χ1) is 8.24. The molecule has 1 N–H and O–H groups in total. The third kappa shape index (κ3) is 4.18. The zero-order chi connectivity index (χ0) is 12.1. The van der Waals surface area contributed by atoms with Crippen molar-refractivity contribution in [1.82, 2.24) is 15.5 Å². The minimum atomic E-state index is 0.535. The summed E-state index contributed by atoms with van der Waals surface area (Å²) in [6.07, 6.45) is 1.89. The van der Waals surface area contributed by atoms with Crippen molar-refractivity contribution in [2.24, 2.45) is 0 Å². The highest BCUT2D eigenvalue weighted by Gasteiger charge is 2.05. The minimum Gasteiger partial charge on any atom is -0.314 e. The van der Waals surface area contributed by atoms with Gasteiger partial charge in [0.05, 0.1) is 0 Å². The van der Waals surface area contributed by atoms with Crippen molar-refractivity contribution < 1.29 is 0 Å². The molecule has 0 amide bonds. The lowest BCUT2D eigenvalue weighted by Crippen LogP contribution is -2.24. The van der Waals surface area contributed by atoms with Gasteiger partial charge in [-0.15, -0.1) is 21.5 Å². The molecular weight excluding hydrogens is 250 g/mol. The Morgan fingerprint density at radius 1 is 1.29 bits per heavy atom. The number of thiophene rings is 1. The zero-order valence-electron chi connectivity index (χ0n) is 10.1. The number of hydrogen-bond donors (Lipinski definition) is 1. The second-order valence-electron chi connectivity index (χ2n) is 4.26. The minimum absolute atomic E-state index is 0.535. The molecule has 92 valence electrons. The van der Waals surface area contributed by atoms with Gasteiger partial charge in [0, 0.05) is 25.4 Å². The van der Waals surface area contributed by atoms with Gasteiger partial charge in [-0.25, -0.2) is 0 Å². The van der Waals surface area contributed by atoms with E-state index >= 15 is 0 Å². The number of rotatable bonds is 6. The van der Waals surface area contributed by atoms with E-state index in [1.54, 1.807) is 22.7 Å². The van der Waals surface area contributed by atoms with Gasteiger partial charge in [0.1, 0.15) is 10.0 Å². The fraction of sp³-hybridized carbons (Fsp3) is 0.500. The van der Waals surface area contributed by atoms with Gasteiger partial charge in [-0.3, -0.25) is 0 Å². The first kappa shape index (κ1) is 12.7. The summed E-state index contributed by atoms with van der Waals surface area (Å²) in [5, 5.41) is 18.4. The monoisotopic (exact) mass is 267 g/mol. The topological polar surface area (TPSA) is 37.8 Å². The smallest absolute Gasteiger partial charge is 0.121 e. The number of hydrogen-bond acceptors (Lipinski definition) is 5. The summed E-state index contributed by atoms with van der Waals surface area (Å²) in [5.41, 5.74) is 1.33. The molecule has 0 aliphatic rings. The Morgan fingerprint density at radius 3 is 2.82 bits per heavy atom. The van der Waals surface area contributed by atoms with Crippen molar-refractivity contribution in [2.45, 2.75) is 32.7 Å². The van der Waals surface area contributed by atoms with Gasteiger partial charge < -0.3 is 5.32 Å². The number of nitrogens with one attached hydrogen (secondary N) is 1. The third-order valence-corrected chi connectivity index (χ3v) is 4.05. The predicted molar refractivity (Wildman–Crippen MR) is 73.9 cm³/mol. The van der Waals surface area contributed by atoms with Crippen LogP contribution in [0.15, 0.2) is 16.8 Å². The largest absolute Gasteiger partial charge is 0.314 e. The van der Waals surface area contributed by atoms with Crippen LogP contribution in [0.25, 0.3) is 0 Å². The molecule has 0 atom stereocenters.